The predicted molar refractivity (Wildman–Crippen MR) is 124 cm³/mol. The van der Waals surface area contributed by atoms with Crippen molar-refractivity contribution in [2.24, 2.45) is 5.41 Å². The monoisotopic (exact) mass is 396 g/mol. The van der Waals surface area contributed by atoms with Gasteiger partial charge in [0.25, 0.3) is 0 Å². The fourth-order valence-corrected chi connectivity index (χ4v) is 4.53. The second-order valence-electron chi connectivity index (χ2n) is 9.20. The Morgan fingerprint density at radius 3 is 2.24 bits per heavy atom. The molecule has 0 atom stereocenters. The minimum atomic E-state index is -0.261. The zero-order valence-corrected chi connectivity index (χ0v) is 19.3. The molecule has 29 heavy (non-hydrogen) atoms. The summed E-state index contributed by atoms with van der Waals surface area (Å²) >= 11 is 0. The van der Waals surface area contributed by atoms with E-state index in [1.807, 2.05) is 13.8 Å². The largest absolute Gasteiger partial charge is 0.463 e. The maximum Gasteiger partial charge on any atom is 0.330 e. The van der Waals surface area contributed by atoms with Crippen molar-refractivity contribution < 1.29 is 9.53 Å². The van der Waals surface area contributed by atoms with Crippen LogP contribution in [0.1, 0.15) is 92.4 Å². The van der Waals surface area contributed by atoms with Gasteiger partial charge in [-0.15, -0.1) is 0 Å². The van der Waals surface area contributed by atoms with Gasteiger partial charge in [-0.1, -0.05) is 56.6 Å². The molecule has 0 aliphatic heterocycles. The van der Waals surface area contributed by atoms with Crippen molar-refractivity contribution in [2.45, 2.75) is 92.4 Å². The van der Waals surface area contributed by atoms with Crippen molar-refractivity contribution in [3.63, 3.8) is 0 Å². The quantitative estimate of drug-likeness (QED) is 0.260. The van der Waals surface area contributed by atoms with Crippen molar-refractivity contribution in [1.82, 2.24) is 0 Å². The molecule has 0 aromatic heterocycles. The van der Waals surface area contributed by atoms with Crippen LogP contribution in [-0.2, 0) is 9.53 Å². The molecule has 0 bridgehead atoms. The normalized spacial score (nSPS) is 24.1. The lowest BCUT2D eigenvalue weighted by atomic mass is 9.72. The average molecular weight is 397 g/mol. The van der Waals surface area contributed by atoms with Crippen molar-refractivity contribution in [3.05, 3.63) is 58.2 Å². The molecule has 2 aliphatic carbocycles. The summed E-state index contributed by atoms with van der Waals surface area (Å²) in [5.74, 6) is -0.261. The third-order valence-corrected chi connectivity index (χ3v) is 6.23. The molecule has 0 spiro atoms. The molecule has 0 saturated carbocycles. The van der Waals surface area contributed by atoms with Gasteiger partial charge < -0.3 is 4.74 Å². The summed E-state index contributed by atoms with van der Waals surface area (Å²) in [5.41, 5.74) is 7.18. The van der Waals surface area contributed by atoms with Crippen molar-refractivity contribution in [2.75, 3.05) is 6.61 Å². The van der Waals surface area contributed by atoms with Crippen molar-refractivity contribution >= 4 is 5.97 Å². The van der Waals surface area contributed by atoms with Crippen LogP contribution >= 0.6 is 0 Å². The van der Waals surface area contributed by atoms with Gasteiger partial charge in [-0.25, -0.2) is 4.79 Å². The molecule has 0 aromatic rings. The summed E-state index contributed by atoms with van der Waals surface area (Å²) in [7, 11) is 0. The van der Waals surface area contributed by atoms with Crippen molar-refractivity contribution in [3.8, 4) is 0 Å². The third kappa shape index (κ3) is 7.49. The number of allylic oxidation sites excluding steroid dienone is 9. The van der Waals surface area contributed by atoms with Crippen molar-refractivity contribution in [1.29, 1.82) is 0 Å². The minimum absolute atomic E-state index is 0.261. The first-order valence-electron chi connectivity index (χ1n) is 11.5. The molecule has 2 nitrogen and oxygen atoms in total. The minimum Gasteiger partial charge on any atom is -0.463 e. The highest BCUT2D eigenvalue weighted by molar-refractivity contribution is 5.83. The van der Waals surface area contributed by atoms with Gasteiger partial charge in [0.2, 0.25) is 0 Å². The molecule has 0 amide bonds. The molecule has 0 unspecified atom stereocenters. The second kappa shape index (κ2) is 11.4. The highest BCUT2D eigenvalue weighted by atomic mass is 16.5. The lowest BCUT2D eigenvalue weighted by Gasteiger charge is -2.33. The van der Waals surface area contributed by atoms with Gasteiger partial charge in [0.1, 0.15) is 0 Å². The van der Waals surface area contributed by atoms with Gasteiger partial charge >= 0.3 is 5.97 Å². The smallest absolute Gasteiger partial charge is 0.330 e. The van der Waals surface area contributed by atoms with Crippen LogP contribution in [-0.4, -0.2) is 12.6 Å². The van der Waals surface area contributed by atoms with Crippen LogP contribution in [0, 0.1) is 5.41 Å². The summed E-state index contributed by atoms with van der Waals surface area (Å²) in [6.45, 7) is 11.3. The Labute approximate surface area is 178 Å². The van der Waals surface area contributed by atoms with E-state index in [9.17, 15) is 4.79 Å². The molecule has 2 rings (SSSR count). The zero-order valence-electron chi connectivity index (χ0n) is 19.3. The maximum absolute atomic E-state index is 11.7. The van der Waals surface area contributed by atoms with Gasteiger partial charge in [-0.3, -0.25) is 0 Å². The molecule has 0 fully saturated rings. The Bertz CT molecular complexity index is 726. The van der Waals surface area contributed by atoms with E-state index in [1.54, 1.807) is 11.6 Å². The fraction of sp³-hybridized carbons (Fsp3) is 0.593. The highest BCUT2D eigenvalue weighted by Crippen LogP contribution is 2.41. The van der Waals surface area contributed by atoms with Gasteiger partial charge in [0.15, 0.2) is 0 Å². The first kappa shape index (κ1) is 23.4. The van der Waals surface area contributed by atoms with Crippen LogP contribution in [0.5, 0.6) is 0 Å². The van der Waals surface area contributed by atoms with E-state index in [0.29, 0.717) is 6.61 Å². The third-order valence-electron chi connectivity index (χ3n) is 6.23. The van der Waals surface area contributed by atoms with Crippen LogP contribution in [0.2, 0.25) is 0 Å². The summed E-state index contributed by atoms with van der Waals surface area (Å²) in [6.07, 6.45) is 21.9. The molecule has 2 aliphatic rings. The van der Waals surface area contributed by atoms with Crippen LogP contribution in [0.15, 0.2) is 58.2 Å². The molecule has 0 saturated heterocycles. The van der Waals surface area contributed by atoms with Gasteiger partial charge in [-0.05, 0) is 93.4 Å². The summed E-state index contributed by atoms with van der Waals surface area (Å²) in [6, 6.07) is 0. The fourth-order valence-electron chi connectivity index (χ4n) is 4.53. The standard InChI is InChI=1S/C27H40O2/c1-6-29-26(28)20-21(2)15-16-23-13-9-7-8-10-14-24(23)17-18-25-22(3)12-11-19-27(25,4)5/h15-18,20H,6-14,19H2,1-5H3/b16-15+,18-17+,21-20+,24-23-. The first-order chi connectivity index (χ1) is 13.8. The SMILES string of the molecule is CCOC(=O)/C=C(C)/C=C/C1=C(\C=C\C2=C(C)CCCC2(C)C)CCCCCC1. The van der Waals surface area contributed by atoms with Crippen LogP contribution in [0.4, 0.5) is 0 Å². The summed E-state index contributed by atoms with van der Waals surface area (Å²) < 4.78 is 5.02. The molecule has 2 heteroatoms. The van der Waals surface area contributed by atoms with E-state index in [2.05, 4.69) is 45.1 Å². The molecule has 0 N–H and O–H groups in total. The Balaban J connectivity index is 2.29. The van der Waals surface area contributed by atoms with E-state index in [1.165, 1.54) is 61.7 Å². The van der Waals surface area contributed by atoms with Crippen LogP contribution in [0.25, 0.3) is 0 Å². The van der Waals surface area contributed by atoms with Crippen LogP contribution < -0.4 is 0 Å². The lowest BCUT2D eigenvalue weighted by Crippen LogP contribution is -2.19. The summed E-state index contributed by atoms with van der Waals surface area (Å²) in [4.78, 5) is 11.7. The first-order valence-corrected chi connectivity index (χ1v) is 11.5. The van der Waals surface area contributed by atoms with E-state index in [4.69, 9.17) is 4.74 Å². The number of carbonyl (C=O) groups excluding carboxylic acids is 1. The Hall–Kier alpha value is -1.83. The number of hydrogen-bond acceptors (Lipinski definition) is 2. The van der Waals surface area contributed by atoms with E-state index < -0.39 is 0 Å². The lowest BCUT2D eigenvalue weighted by molar-refractivity contribution is -0.137. The Kier molecular flexibility index (Phi) is 9.20. The Morgan fingerprint density at radius 1 is 0.966 bits per heavy atom. The number of esters is 1. The van der Waals surface area contributed by atoms with E-state index in [0.717, 1.165) is 18.4 Å². The van der Waals surface area contributed by atoms with Gasteiger partial charge in [0, 0.05) is 6.08 Å². The second-order valence-corrected chi connectivity index (χ2v) is 9.20. The molecule has 0 aromatic carbocycles. The Morgan fingerprint density at radius 2 is 1.62 bits per heavy atom. The van der Waals surface area contributed by atoms with Gasteiger partial charge in [-0.2, -0.15) is 0 Å². The van der Waals surface area contributed by atoms with Crippen LogP contribution in [0.3, 0.4) is 0 Å². The number of carbonyl (C=O) groups is 1. The van der Waals surface area contributed by atoms with Gasteiger partial charge in [0.05, 0.1) is 6.61 Å². The molecule has 0 radical (unpaired) electrons. The summed E-state index contributed by atoms with van der Waals surface area (Å²) in [5, 5.41) is 0. The predicted octanol–water partition coefficient (Wildman–Crippen LogP) is 7.79. The number of ether oxygens (including phenoxy) is 1. The molecular weight excluding hydrogens is 356 g/mol. The topological polar surface area (TPSA) is 26.3 Å². The highest BCUT2D eigenvalue weighted by Gasteiger charge is 2.26. The number of hydrogen-bond donors (Lipinski definition) is 0. The van der Waals surface area contributed by atoms with E-state index >= 15 is 0 Å². The molecule has 0 heterocycles. The number of rotatable bonds is 6. The van der Waals surface area contributed by atoms with E-state index in [-0.39, 0.29) is 11.4 Å². The molecule has 160 valence electrons. The average Bonchev–Trinajstić information content (AvgIpc) is 2.62. The zero-order chi connectivity index (χ0) is 21.3. The maximum atomic E-state index is 11.7. The molecular formula is C27H40O2.